The quantitative estimate of drug-likeness (QED) is 0.449. The maximum absolute atomic E-state index is 8.85. The van der Waals surface area contributed by atoms with Crippen molar-refractivity contribution >= 4 is 13.2 Å². The van der Waals surface area contributed by atoms with Crippen LogP contribution in [0.1, 0.15) is 0 Å². The summed E-state index contributed by atoms with van der Waals surface area (Å²) in [4.78, 5) is 26.6. The molecule has 13 heavy (non-hydrogen) atoms. The van der Waals surface area contributed by atoms with E-state index < -0.39 is 7.94 Å². The van der Waals surface area contributed by atoms with Crippen LogP contribution in [0.2, 0.25) is 0 Å². The topological polar surface area (TPSA) is 93.7 Å². The molecule has 0 amide bonds. The van der Waals surface area contributed by atoms with Crippen molar-refractivity contribution in [2.24, 2.45) is 0 Å². The molecule has 0 unspecified atom stereocenters. The SMILES string of the molecule is N#COc1ccc([PH](O)(O)O)cc1. The number of rotatable bonds is 2. The molecule has 0 saturated carbocycles. The van der Waals surface area contributed by atoms with Gasteiger partial charge in [0.05, 0.1) is 0 Å². The molecule has 0 aliphatic carbocycles. The zero-order valence-corrected chi connectivity index (χ0v) is 7.51. The molecule has 0 aliphatic rings. The van der Waals surface area contributed by atoms with Crippen LogP contribution in [0.25, 0.3) is 0 Å². The monoisotopic (exact) mass is 201 g/mol. The average molecular weight is 201 g/mol. The van der Waals surface area contributed by atoms with Gasteiger partial charge in [0.15, 0.2) is 0 Å². The number of benzene rings is 1. The van der Waals surface area contributed by atoms with E-state index >= 15 is 0 Å². The van der Waals surface area contributed by atoms with Gasteiger partial charge in [0.1, 0.15) is 0 Å². The Morgan fingerprint density at radius 3 is 2.08 bits per heavy atom. The van der Waals surface area contributed by atoms with E-state index in [0.717, 1.165) is 0 Å². The fourth-order valence-corrected chi connectivity index (χ4v) is 1.41. The van der Waals surface area contributed by atoms with Gasteiger partial charge >= 0.3 is 74.2 Å². The molecule has 70 valence electrons. The van der Waals surface area contributed by atoms with Crippen molar-refractivity contribution in [1.82, 2.24) is 0 Å². The van der Waals surface area contributed by atoms with Gasteiger partial charge in [-0.25, -0.2) is 0 Å². The van der Waals surface area contributed by atoms with E-state index in [0.29, 0.717) is 0 Å². The molecule has 0 aliphatic heterocycles. The van der Waals surface area contributed by atoms with E-state index in [1.807, 2.05) is 0 Å². The Morgan fingerprint density at radius 1 is 1.15 bits per heavy atom. The van der Waals surface area contributed by atoms with Crippen molar-refractivity contribution in [3.05, 3.63) is 24.3 Å². The van der Waals surface area contributed by atoms with E-state index in [1.165, 1.54) is 30.5 Å². The standard InChI is InChI=1S/C7H8NO4P/c8-5-12-6-1-3-7(4-2-6)13(9,10)11/h1-4,9-11,13H. The van der Waals surface area contributed by atoms with Crippen LogP contribution in [-0.4, -0.2) is 14.7 Å². The van der Waals surface area contributed by atoms with Crippen LogP contribution >= 0.6 is 7.94 Å². The first-order chi connectivity index (χ1) is 6.04. The van der Waals surface area contributed by atoms with Gasteiger partial charge in [0.25, 0.3) is 0 Å². The summed E-state index contributed by atoms with van der Waals surface area (Å²) in [6.45, 7) is 0. The van der Waals surface area contributed by atoms with Crippen molar-refractivity contribution in [2.75, 3.05) is 0 Å². The van der Waals surface area contributed by atoms with Gasteiger partial charge in [-0.15, -0.1) is 0 Å². The van der Waals surface area contributed by atoms with Gasteiger partial charge in [0, 0.05) is 0 Å². The van der Waals surface area contributed by atoms with Gasteiger partial charge in [0.2, 0.25) is 0 Å². The summed E-state index contributed by atoms with van der Waals surface area (Å²) in [7, 11) is -4.22. The molecular formula is C7H8NO4P. The third-order valence-corrected chi connectivity index (χ3v) is 2.51. The number of nitrogens with zero attached hydrogens (tertiary/aromatic N) is 1. The van der Waals surface area contributed by atoms with E-state index in [9.17, 15) is 0 Å². The molecule has 3 N–H and O–H groups in total. The number of hydrogen-bond acceptors (Lipinski definition) is 5. The van der Waals surface area contributed by atoms with E-state index in [4.69, 9.17) is 19.9 Å². The predicted molar refractivity (Wildman–Crippen MR) is 47.3 cm³/mol. The van der Waals surface area contributed by atoms with Crippen molar-refractivity contribution < 1.29 is 19.4 Å². The second kappa shape index (κ2) is 3.69. The van der Waals surface area contributed by atoms with Crippen LogP contribution in [0.3, 0.4) is 0 Å². The summed E-state index contributed by atoms with van der Waals surface area (Å²) >= 11 is 0. The van der Waals surface area contributed by atoms with Crippen LogP contribution < -0.4 is 10.0 Å². The molecule has 1 rings (SSSR count). The van der Waals surface area contributed by atoms with Gasteiger partial charge in [-0.05, 0) is 0 Å². The molecule has 0 fully saturated rings. The third-order valence-electron chi connectivity index (χ3n) is 1.41. The molecule has 0 saturated heterocycles. The normalized spacial score (nSPS) is 11.8. The Balaban J connectivity index is 2.89. The maximum atomic E-state index is 8.85. The first-order valence-electron chi connectivity index (χ1n) is 3.37. The molecule has 0 heterocycles. The Labute approximate surface area is 75.0 Å². The first kappa shape index (κ1) is 9.90. The predicted octanol–water partition coefficient (Wildman–Crippen LogP) is -0.356. The van der Waals surface area contributed by atoms with Crippen LogP contribution in [0.4, 0.5) is 0 Å². The molecule has 0 aromatic heterocycles. The number of ether oxygens (including phenoxy) is 1. The third kappa shape index (κ3) is 2.65. The summed E-state index contributed by atoms with van der Waals surface area (Å²) in [5.41, 5.74) is 0. The molecule has 6 heteroatoms. The second-order valence-electron chi connectivity index (χ2n) is 2.35. The van der Waals surface area contributed by atoms with Crippen molar-refractivity contribution in [3.8, 4) is 12.0 Å². The van der Waals surface area contributed by atoms with Gasteiger partial charge in [-0.3, -0.25) is 0 Å². The Morgan fingerprint density at radius 2 is 1.69 bits per heavy atom. The van der Waals surface area contributed by atoms with Crippen LogP contribution in [-0.2, 0) is 0 Å². The van der Waals surface area contributed by atoms with Crippen LogP contribution in [0, 0.1) is 11.5 Å². The Hall–Kier alpha value is -1.18. The molecule has 1 aromatic carbocycles. The summed E-state index contributed by atoms with van der Waals surface area (Å²) in [6, 6.07) is 5.31. The zero-order valence-electron chi connectivity index (χ0n) is 6.51. The fourth-order valence-electron chi connectivity index (χ4n) is 0.799. The summed E-state index contributed by atoms with van der Waals surface area (Å²) in [5.74, 6) is 0.282. The van der Waals surface area contributed by atoms with Crippen molar-refractivity contribution in [1.29, 1.82) is 5.26 Å². The molecule has 0 radical (unpaired) electrons. The van der Waals surface area contributed by atoms with Gasteiger partial charge < -0.3 is 0 Å². The molecule has 5 nitrogen and oxygen atoms in total. The van der Waals surface area contributed by atoms with Crippen LogP contribution in [0.15, 0.2) is 24.3 Å². The van der Waals surface area contributed by atoms with Crippen molar-refractivity contribution in [3.63, 3.8) is 0 Å². The molecule has 0 atom stereocenters. The van der Waals surface area contributed by atoms with Crippen LogP contribution in [0.5, 0.6) is 5.75 Å². The summed E-state index contributed by atoms with van der Waals surface area (Å²) in [6.07, 6.45) is 1.47. The fraction of sp³-hybridized carbons (Fsp3) is 0. The number of hydrogen-bond donors (Lipinski definition) is 3. The van der Waals surface area contributed by atoms with Gasteiger partial charge in [-0.1, -0.05) is 0 Å². The molecular weight excluding hydrogens is 193 g/mol. The Bertz CT molecular complexity index is 324. The number of nitriles is 1. The zero-order chi connectivity index (χ0) is 9.90. The second-order valence-corrected chi connectivity index (χ2v) is 4.20. The van der Waals surface area contributed by atoms with Gasteiger partial charge in [-0.2, -0.15) is 0 Å². The van der Waals surface area contributed by atoms with E-state index in [1.54, 1.807) is 0 Å². The summed E-state index contributed by atoms with van der Waals surface area (Å²) in [5, 5.41) is 8.18. The van der Waals surface area contributed by atoms with E-state index in [2.05, 4.69) is 4.74 Å². The molecule has 0 bridgehead atoms. The average Bonchev–Trinajstić information content (AvgIpc) is 2.04. The molecule has 1 aromatic rings. The Kier molecular flexibility index (Phi) is 2.81. The molecule has 0 spiro atoms. The minimum atomic E-state index is -4.22. The first-order valence-corrected chi connectivity index (χ1v) is 5.22. The van der Waals surface area contributed by atoms with Crippen molar-refractivity contribution in [2.45, 2.75) is 0 Å². The summed E-state index contributed by atoms with van der Waals surface area (Å²) < 4.78 is 4.45. The van der Waals surface area contributed by atoms with E-state index in [-0.39, 0.29) is 11.1 Å². The minimum absolute atomic E-state index is 0.0396.